The molecular weight excluding hydrogens is 358 g/mol. The second-order valence-corrected chi connectivity index (χ2v) is 6.62. The molecule has 0 aromatic carbocycles. The van der Waals surface area contributed by atoms with Crippen LogP contribution in [0.15, 0.2) is 16.1 Å². The van der Waals surface area contributed by atoms with E-state index in [9.17, 15) is 24.3 Å². The van der Waals surface area contributed by atoms with E-state index in [1.54, 1.807) is 0 Å². The lowest BCUT2D eigenvalue weighted by molar-refractivity contribution is -0.119. The van der Waals surface area contributed by atoms with Gasteiger partial charge in [-0.15, -0.1) is 0 Å². The first-order valence-electron chi connectivity index (χ1n) is 8.44. The Morgan fingerprint density at radius 3 is 2.89 bits per heavy atom. The largest absolute Gasteiger partial charge is 0.503 e. The van der Waals surface area contributed by atoms with Crippen LogP contribution in [0.5, 0.6) is 5.75 Å². The molecule has 27 heavy (non-hydrogen) atoms. The van der Waals surface area contributed by atoms with Gasteiger partial charge in [0.2, 0.25) is 11.3 Å². The zero-order chi connectivity index (χ0) is 19.3. The van der Waals surface area contributed by atoms with Gasteiger partial charge in [0.25, 0.3) is 11.8 Å². The van der Waals surface area contributed by atoms with Crippen LogP contribution in [0.1, 0.15) is 40.6 Å². The summed E-state index contributed by atoms with van der Waals surface area (Å²) in [5, 5.41) is 16.3. The van der Waals surface area contributed by atoms with Crippen molar-refractivity contribution >= 4 is 23.6 Å². The molecule has 0 radical (unpaired) electrons. The van der Waals surface area contributed by atoms with Gasteiger partial charge in [-0.2, -0.15) is 5.10 Å². The molecule has 11 heteroatoms. The zero-order valence-electron chi connectivity index (χ0n) is 14.4. The normalized spacial score (nSPS) is 24.0. The lowest BCUT2D eigenvalue weighted by atomic mass is 10.1. The monoisotopic (exact) mass is 375 g/mol. The molecule has 2 atom stereocenters. The van der Waals surface area contributed by atoms with E-state index in [1.165, 1.54) is 15.7 Å². The number of carbonyl (C=O) groups excluding carboxylic acids is 3. The third kappa shape index (κ3) is 2.76. The predicted molar refractivity (Wildman–Crippen MR) is 90.0 cm³/mol. The molecule has 1 saturated heterocycles. The number of ether oxygens (including phenoxy) is 1. The molecule has 1 aromatic rings. The molecule has 0 aliphatic carbocycles. The van der Waals surface area contributed by atoms with Crippen LogP contribution < -0.4 is 16.2 Å². The van der Waals surface area contributed by atoms with Gasteiger partial charge in [-0.3, -0.25) is 19.2 Å². The van der Waals surface area contributed by atoms with E-state index >= 15 is 0 Å². The van der Waals surface area contributed by atoms with Crippen molar-refractivity contribution in [1.82, 2.24) is 20.2 Å². The first-order valence-corrected chi connectivity index (χ1v) is 8.44. The number of fused-ring (bicyclic) bond motifs is 2. The molecule has 11 nitrogen and oxygen atoms in total. The number of hydrazone groups is 1. The highest BCUT2D eigenvalue weighted by molar-refractivity contribution is 6.13. The Bertz CT molecular complexity index is 951. The minimum absolute atomic E-state index is 0.0679. The molecule has 1 fully saturated rings. The Hall–Kier alpha value is -3.21. The van der Waals surface area contributed by atoms with Crippen molar-refractivity contribution in [2.45, 2.75) is 38.6 Å². The van der Waals surface area contributed by atoms with Crippen molar-refractivity contribution in [3.05, 3.63) is 27.7 Å². The first-order chi connectivity index (χ1) is 12.9. The van der Waals surface area contributed by atoms with E-state index in [-0.39, 0.29) is 42.0 Å². The van der Waals surface area contributed by atoms with Crippen LogP contribution in [0.3, 0.4) is 0 Å². The number of rotatable bonds is 1. The van der Waals surface area contributed by atoms with Gasteiger partial charge in [0.15, 0.2) is 17.7 Å². The standard InChI is InChI=1S/C16H17N5O6/c1-7-2-3-27-11-6-20-5-8(15(25)17-9-4-10(22)19-18-9)13(23)14(24)12(20)16(26)21(7)11/h5,7,11,24H,2-4,6H2,1H3,(H,19,22)(H,17,18,25)/t7-,11+/m1/s1. The fraction of sp³-hybridized carbons (Fsp3) is 0.438. The number of pyridine rings is 1. The highest BCUT2D eigenvalue weighted by Crippen LogP contribution is 2.29. The molecule has 1 aromatic heterocycles. The van der Waals surface area contributed by atoms with Crippen molar-refractivity contribution < 1.29 is 24.2 Å². The second-order valence-electron chi connectivity index (χ2n) is 6.62. The summed E-state index contributed by atoms with van der Waals surface area (Å²) < 4.78 is 6.98. The number of nitrogens with zero attached hydrogens (tertiary/aromatic N) is 3. The summed E-state index contributed by atoms with van der Waals surface area (Å²) in [5.41, 5.74) is 0.690. The molecule has 0 saturated carbocycles. The number of amidine groups is 1. The molecule has 4 rings (SSSR count). The third-order valence-corrected chi connectivity index (χ3v) is 4.82. The van der Waals surface area contributed by atoms with Gasteiger partial charge in [0.1, 0.15) is 11.4 Å². The quantitative estimate of drug-likeness (QED) is 0.557. The van der Waals surface area contributed by atoms with Crippen LogP contribution in [-0.2, 0) is 16.1 Å². The fourth-order valence-corrected chi connectivity index (χ4v) is 3.45. The molecule has 0 spiro atoms. The van der Waals surface area contributed by atoms with Gasteiger partial charge in [-0.1, -0.05) is 0 Å². The Balaban J connectivity index is 1.70. The van der Waals surface area contributed by atoms with E-state index in [2.05, 4.69) is 15.8 Å². The number of nitrogens with one attached hydrogen (secondary N) is 2. The fourth-order valence-electron chi connectivity index (χ4n) is 3.45. The predicted octanol–water partition coefficient (Wildman–Crippen LogP) is -1.29. The maximum absolute atomic E-state index is 12.8. The van der Waals surface area contributed by atoms with Crippen molar-refractivity contribution in [2.75, 3.05) is 6.61 Å². The summed E-state index contributed by atoms with van der Waals surface area (Å²) in [6.07, 6.45) is 1.22. The molecule has 142 valence electrons. The lowest BCUT2D eigenvalue weighted by Crippen LogP contribution is -2.57. The van der Waals surface area contributed by atoms with Gasteiger partial charge in [-0.25, -0.2) is 5.43 Å². The topological polar surface area (TPSA) is 142 Å². The smallest absolute Gasteiger partial charge is 0.276 e. The minimum atomic E-state index is -0.964. The third-order valence-electron chi connectivity index (χ3n) is 4.82. The van der Waals surface area contributed by atoms with Crippen LogP contribution in [-0.4, -0.2) is 57.0 Å². The minimum Gasteiger partial charge on any atom is -0.503 e. The van der Waals surface area contributed by atoms with Gasteiger partial charge in [0.05, 0.1) is 19.6 Å². The molecule has 3 aliphatic rings. The molecule has 3 aliphatic heterocycles. The van der Waals surface area contributed by atoms with E-state index < -0.39 is 29.2 Å². The highest BCUT2D eigenvalue weighted by atomic mass is 16.5. The van der Waals surface area contributed by atoms with Crippen molar-refractivity contribution in [2.24, 2.45) is 5.10 Å². The van der Waals surface area contributed by atoms with Crippen LogP contribution in [0.2, 0.25) is 0 Å². The average molecular weight is 375 g/mol. The van der Waals surface area contributed by atoms with Gasteiger partial charge in [0, 0.05) is 12.2 Å². The first kappa shape index (κ1) is 17.2. The molecule has 3 N–H and O–H groups in total. The van der Waals surface area contributed by atoms with Crippen molar-refractivity contribution in [3.63, 3.8) is 0 Å². The number of amides is 3. The van der Waals surface area contributed by atoms with Crippen LogP contribution in [0.4, 0.5) is 0 Å². The molecular formula is C16H17N5O6. The number of carbonyl (C=O) groups is 3. The Morgan fingerprint density at radius 1 is 1.41 bits per heavy atom. The molecule has 0 bridgehead atoms. The van der Waals surface area contributed by atoms with Gasteiger partial charge < -0.3 is 24.6 Å². The summed E-state index contributed by atoms with van der Waals surface area (Å²) in [7, 11) is 0. The summed E-state index contributed by atoms with van der Waals surface area (Å²) in [6.45, 7) is 2.55. The highest BCUT2D eigenvalue weighted by Gasteiger charge is 2.41. The second kappa shape index (κ2) is 6.20. The van der Waals surface area contributed by atoms with E-state index in [0.717, 1.165) is 0 Å². The number of hydrogen-bond donors (Lipinski definition) is 3. The number of aromatic nitrogens is 1. The maximum atomic E-state index is 12.8. The Kier molecular flexibility index (Phi) is 3.95. The van der Waals surface area contributed by atoms with E-state index in [4.69, 9.17) is 4.74 Å². The van der Waals surface area contributed by atoms with Crippen LogP contribution in [0.25, 0.3) is 0 Å². The SMILES string of the molecule is C[C@@H]1CCO[C@H]2Cn3cc(C(=O)NC4=NNC(=O)C4)c(=O)c(O)c3C(=O)N12. The summed E-state index contributed by atoms with van der Waals surface area (Å²) in [4.78, 5) is 50.3. The zero-order valence-corrected chi connectivity index (χ0v) is 14.4. The van der Waals surface area contributed by atoms with Crippen molar-refractivity contribution in [1.29, 1.82) is 0 Å². The molecule has 4 heterocycles. The molecule has 0 unspecified atom stereocenters. The Labute approximate surface area is 152 Å². The van der Waals surface area contributed by atoms with Crippen molar-refractivity contribution in [3.8, 4) is 5.75 Å². The van der Waals surface area contributed by atoms with E-state index in [1.807, 2.05) is 6.92 Å². The average Bonchev–Trinajstić information content (AvgIpc) is 3.02. The summed E-state index contributed by atoms with van der Waals surface area (Å²) in [6, 6.07) is -0.0899. The van der Waals surface area contributed by atoms with E-state index in [0.29, 0.717) is 13.0 Å². The van der Waals surface area contributed by atoms with Gasteiger partial charge >= 0.3 is 0 Å². The number of hydrogen-bond acceptors (Lipinski definition) is 7. The summed E-state index contributed by atoms with van der Waals surface area (Å²) >= 11 is 0. The van der Waals surface area contributed by atoms with Crippen LogP contribution in [0, 0.1) is 0 Å². The molecule has 3 amide bonds. The van der Waals surface area contributed by atoms with Crippen LogP contribution >= 0.6 is 0 Å². The number of aromatic hydroxyl groups is 1. The van der Waals surface area contributed by atoms with Gasteiger partial charge in [-0.05, 0) is 13.3 Å². The Morgan fingerprint density at radius 2 is 2.19 bits per heavy atom. The summed E-state index contributed by atoms with van der Waals surface area (Å²) in [5.74, 6) is -2.45. The lowest BCUT2D eigenvalue weighted by Gasteiger charge is -2.44. The maximum Gasteiger partial charge on any atom is 0.276 e.